The average molecular weight is 585 g/mol. The van der Waals surface area contributed by atoms with Crippen molar-refractivity contribution in [2.45, 2.75) is 112 Å². The predicted octanol–water partition coefficient (Wildman–Crippen LogP) is 6.56. The molecule has 4 saturated carbocycles. The zero-order chi connectivity index (χ0) is 29.7. The molecule has 0 heterocycles. The Labute approximate surface area is 238 Å². The van der Waals surface area contributed by atoms with Gasteiger partial charge in [-0.3, -0.25) is 4.79 Å². The van der Waals surface area contributed by atoms with E-state index in [2.05, 4.69) is 59.1 Å². The van der Waals surface area contributed by atoms with Crippen LogP contribution in [0.25, 0.3) is 0 Å². The normalized spacial score (nSPS) is 50.0. The first-order valence-corrected chi connectivity index (χ1v) is 16.8. The van der Waals surface area contributed by atoms with Crippen molar-refractivity contribution in [1.29, 1.82) is 0 Å². The van der Waals surface area contributed by atoms with Crippen molar-refractivity contribution in [2.75, 3.05) is 6.79 Å². The van der Waals surface area contributed by atoms with Crippen LogP contribution in [0.1, 0.15) is 99.8 Å². The minimum absolute atomic E-state index is 0.0932. The van der Waals surface area contributed by atoms with E-state index in [-0.39, 0.29) is 34.5 Å². The van der Waals surface area contributed by atoms with E-state index in [1.54, 1.807) is 0 Å². The first-order valence-electron chi connectivity index (χ1n) is 15.3. The Kier molecular flexibility index (Phi) is 7.36. The summed E-state index contributed by atoms with van der Waals surface area (Å²) in [4.78, 5) is 31.9. The molecule has 40 heavy (non-hydrogen) atoms. The van der Waals surface area contributed by atoms with Crippen molar-refractivity contribution in [2.24, 2.45) is 56.7 Å². The van der Waals surface area contributed by atoms with E-state index in [1.165, 1.54) is 5.57 Å². The van der Waals surface area contributed by atoms with Crippen LogP contribution in [0.5, 0.6) is 0 Å². The third-order valence-corrected chi connectivity index (χ3v) is 14.3. The molecular weight excluding hydrogens is 534 g/mol. The fourth-order valence-corrected chi connectivity index (χ4v) is 11.2. The molecule has 9 heteroatoms. The van der Waals surface area contributed by atoms with Gasteiger partial charge in [-0.1, -0.05) is 60.1 Å². The van der Waals surface area contributed by atoms with Crippen LogP contribution in [0.15, 0.2) is 11.6 Å². The van der Waals surface area contributed by atoms with Gasteiger partial charge in [0, 0.05) is 5.41 Å². The van der Waals surface area contributed by atoms with Crippen molar-refractivity contribution in [3.05, 3.63) is 11.6 Å². The second kappa shape index (κ2) is 9.61. The van der Waals surface area contributed by atoms with E-state index < -0.39 is 49.1 Å². The number of aliphatic hydroxyl groups excluding tert-OH is 1. The molecule has 0 aliphatic heterocycles. The number of ether oxygens (including phenoxy) is 1. The Hall–Kier alpha value is -0.790. The first-order chi connectivity index (χ1) is 18.4. The van der Waals surface area contributed by atoms with Gasteiger partial charge in [-0.2, -0.15) is 0 Å². The summed E-state index contributed by atoms with van der Waals surface area (Å²) in [6, 6.07) is 0. The van der Waals surface area contributed by atoms with Crippen molar-refractivity contribution in [3.8, 4) is 0 Å². The number of carbonyl (C=O) groups excluding carboxylic acids is 1. The van der Waals surface area contributed by atoms with E-state index in [0.29, 0.717) is 31.6 Å². The lowest BCUT2D eigenvalue weighted by molar-refractivity contribution is -0.232. The number of esters is 1. The zero-order valence-corrected chi connectivity index (χ0v) is 26.2. The predicted molar refractivity (Wildman–Crippen MR) is 149 cm³/mol. The lowest BCUT2D eigenvalue weighted by Crippen LogP contribution is -2.68. The molecule has 5 aliphatic rings. The number of fused-ring (bicyclic) bond motifs is 7. The molecule has 0 radical (unpaired) electrons. The molecule has 0 saturated heterocycles. The van der Waals surface area contributed by atoms with Crippen LogP contribution in [-0.2, 0) is 18.6 Å². The van der Waals surface area contributed by atoms with Crippen LogP contribution in [-0.4, -0.2) is 39.9 Å². The number of aliphatic hydroxyl groups is 1. The minimum atomic E-state index is -4.77. The molecule has 0 aromatic rings. The Bertz CT molecular complexity index is 1120. The minimum Gasteiger partial charge on any atom is -0.437 e. The lowest BCUT2D eigenvalue weighted by Gasteiger charge is -2.72. The van der Waals surface area contributed by atoms with Crippen molar-refractivity contribution in [1.82, 2.24) is 0 Å². The highest BCUT2D eigenvalue weighted by Crippen LogP contribution is 2.76. The molecule has 3 N–H and O–H groups in total. The summed E-state index contributed by atoms with van der Waals surface area (Å²) in [5.74, 6) is 0.176. The van der Waals surface area contributed by atoms with Gasteiger partial charge in [0.25, 0.3) is 0 Å². The lowest BCUT2D eigenvalue weighted by atomic mass is 9.33. The molecule has 0 bridgehead atoms. The van der Waals surface area contributed by atoms with Gasteiger partial charge in [0.05, 0.1) is 11.5 Å². The highest BCUT2D eigenvalue weighted by molar-refractivity contribution is 7.46. The van der Waals surface area contributed by atoms with Crippen LogP contribution in [0.4, 0.5) is 4.39 Å². The third-order valence-electron chi connectivity index (χ3n) is 13.8. The monoisotopic (exact) mass is 584 g/mol. The van der Waals surface area contributed by atoms with Gasteiger partial charge in [0.2, 0.25) is 6.79 Å². The smallest absolute Gasteiger partial charge is 0.437 e. The van der Waals surface area contributed by atoms with Crippen LogP contribution in [0, 0.1) is 56.7 Å². The van der Waals surface area contributed by atoms with Gasteiger partial charge < -0.3 is 19.6 Å². The molecule has 4 fully saturated rings. The number of rotatable bonds is 4. The largest absolute Gasteiger partial charge is 0.472 e. The third kappa shape index (κ3) is 4.09. The van der Waals surface area contributed by atoms with Gasteiger partial charge >= 0.3 is 13.8 Å². The molecule has 7 nitrogen and oxygen atoms in total. The molecule has 228 valence electrons. The number of alkyl halides is 1. The molecule has 0 spiro atoms. The van der Waals surface area contributed by atoms with Crippen molar-refractivity contribution >= 4 is 13.8 Å². The zero-order valence-electron chi connectivity index (χ0n) is 25.3. The molecule has 0 amide bonds. The quantitative estimate of drug-likeness (QED) is 0.148. The summed E-state index contributed by atoms with van der Waals surface area (Å²) < 4.78 is 38.1. The number of hydrogen-bond acceptors (Lipinski definition) is 5. The van der Waals surface area contributed by atoms with Gasteiger partial charge in [-0.05, 0) is 97.2 Å². The number of phosphoric ester groups is 1. The maximum Gasteiger partial charge on any atom is 0.472 e. The number of carbonyl (C=O) groups is 1. The standard InChI is InChI=1S/C31H50FO7P/c1-18-10-13-31(26(34)38-17-39-40(35,36)37)15-14-29(6)20(25(31)19(18)2)8-9-21-28(5)12-11-24(33)27(3,4)22(28)16-23(32)30(21,29)7/h8,18-19,21-25,33H,9-17H2,1-7H3,(H2,35,36,37). The molecule has 5 aliphatic carbocycles. The van der Waals surface area contributed by atoms with Crippen LogP contribution < -0.4 is 0 Å². The molecular formula is C31H50FO7P. The van der Waals surface area contributed by atoms with E-state index >= 15 is 4.39 Å². The highest BCUT2D eigenvalue weighted by Gasteiger charge is 2.72. The summed E-state index contributed by atoms with van der Waals surface area (Å²) in [6.45, 7) is 14.6. The maximum absolute atomic E-state index is 17.0. The maximum atomic E-state index is 17.0. The number of halogens is 1. The second-order valence-electron chi connectivity index (χ2n) is 15.4. The van der Waals surface area contributed by atoms with E-state index in [1.807, 2.05) is 0 Å². The number of hydrogen-bond donors (Lipinski definition) is 3. The van der Waals surface area contributed by atoms with E-state index in [4.69, 9.17) is 14.5 Å². The van der Waals surface area contributed by atoms with Crippen molar-refractivity contribution < 1.29 is 37.9 Å². The van der Waals surface area contributed by atoms with Crippen LogP contribution in [0.3, 0.4) is 0 Å². The first kappa shape index (κ1) is 30.7. The van der Waals surface area contributed by atoms with Gasteiger partial charge in [-0.25, -0.2) is 13.5 Å². The summed E-state index contributed by atoms with van der Waals surface area (Å²) >= 11 is 0. The van der Waals surface area contributed by atoms with Gasteiger partial charge in [0.15, 0.2) is 0 Å². The van der Waals surface area contributed by atoms with Crippen LogP contribution >= 0.6 is 7.82 Å². The Balaban J connectivity index is 1.56. The number of allylic oxidation sites excluding steroid dienone is 2. The molecule has 0 aromatic carbocycles. The summed E-state index contributed by atoms with van der Waals surface area (Å²) in [7, 11) is -4.77. The van der Waals surface area contributed by atoms with E-state index in [9.17, 15) is 14.5 Å². The fraction of sp³-hybridized carbons (Fsp3) is 0.903. The molecule has 5 rings (SSSR count). The van der Waals surface area contributed by atoms with Gasteiger partial charge in [0.1, 0.15) is 6.17 Å². The summed E-state index contributed by atoms with van der Waals surface area (Å²) in [6.07, 6.45) is 6.43. The molecule has 11 unspecified atom stereocenters. The summed E-state index contributed by atoms with van der Waals surface area (Å²) in [5, 5.41) is 10.9. The topological polar surface area (TPSA) is 113 Å². The molecule has 11 atom stereocenters. The fourth-order valence-electron chi connectivity index (χ4n) is 11.0. The Morgan fingerprint density at radius 3 is 2.38 bits per heavy atom. The second-order valence-corrected chi connectivity index (χ2v) is 16.6. The Morgan fingerprint density at radius 2 is 1.73 bits per heavy atom. The molecule has 0 aromatic heterocycles. The number of phosphoric acid groups is 1. The van der Waals surface area contributed by atoms with Crippen molar-refractivity contribution in [3.63, 3.8) is 0 Å². The summed E-state index contributed by atoms with van der Waals surface area (Å²) in [5.41, 5.74) is -1.12. The highest BCUT2D eigenvalue weighted by atomic mass is 31.2. The van der Waals surface area contributed by atoms with Gasteiger partial charge in [-0.15, -0.1) is 0 Å². The van der Waals surface area contributed by atoms with E-state index in [0.717, 1.165) is 25.7 Å². The Morgan fingerprint density at radius 1 is 1.05 bits per heavy atom. The average Bonchev–Trinajstić information content (AvgIpc) is 2.86. The van der Waals surface area contributed by atoms with Crippen LogP contribution in [0.2, 0.25) is 0 Å². The SMILES string of the molecule is CC1CCC2(C(=O)OCOP(=O)(O)O)CCC3(C)C(=CCC4C5(C)CCC(O)C(C)(C)C5CC(F)C43C)C2C1C.